The number of aromatic nitrogens is 1. The average Bonchev–Trinajstić information content (AvgIpc) is 3.05. The Morgan fingerprint density at radius 3 is 2.90 bits per heavy atom. The first-order chi connectivity index (χ1) is 10.0. The molecule has 0 aliphatic carbocycles. The molecule has 7 heteroatoms. The molecule has 0 saturated heterocycles. The van der Waals surface area contributed by atoms with Crippen molar-refractivity contribution in [3.8, 4) is 23.1 Å². The third-order valence-electron chi connectivity index (χ3n) is 2.63. The van der Waals surface area contributed by atoms with Gasteiger partial charge in [-0.2, -0.15) is 0 Å². The highest BCUT2D eigenvalue weighted by atomic mass is 32.1. The van der Waals surface area contributed by atoms with Gasteiger partial charge >= 0.3 is 5.97 Å². The number of aliphatic carboxylic acids is 1. The van der Waals surface area contributed by atoms with Gasteiger partial charge in [-0.1, -0.05) is 5.92 Å². The van der Waals surface area contributed by atoms with Crippen molar-refractivity contribution in [1.82, 2.24) is 9.88 Å². The Bertz CT molecular complexity index is 697. The zero-order valence-electron chi connectivity index (χ0n) is 11.2. The number of carbonyl (C=O) groups excluding carboxylic acids is 1. The van der Waals surface area contributed by atoms with Gasteiger partial charge in [0, 0.05) is 4.88 Å². The number of hydrogen-bond donors (Lipinski definition) is 1. The van der Waals surface area contributed by atoms with E-state index < -0.39 is 18.4 Å². The number of nitrogens with zero attached hydrogens (tertiary/aromatic N) is 2. The largest absolute Gasteiger partial charge is 0.480 e. The fraction of sp³-hybridized carbons (Fsp3) is 0.214. The second-order valence-corrected chi connectivity index (χ2v) is 5.36. The summed E-state index contributed by atoms with van der Waals surface area (Å²) in [6.45, 7) is 1.19. The number of furan rings is 1. The SMILES string of the molecule is C#CCN(CC(=O)O)C(=O)c1nc(-c2ccco2)sc1C. The number of terminal acetylenes is 1. The summed E-state index contributed by atoms with van der Waals surface area (Å²) < 4.78 is 5.24. The number of carboxylic acids is 1. The number of carbonyl (C=O) groups is 2. The van der Waals surface area contributed by atoms with E-state index in [4.69, 9.17) is 15.9 Å². The van der Waals surface area contributed by atoms with Gasteiger partial charge in [0.2, 0.25) is 0 Å². The summed E-state index contributed by atoms with van der Waals surface area (Å²) in [5.74, 6) is 1.21. The molecule has 21 heavy (non-hydrogen) atoms. The Morgan fingerprint density at radius 2 is 2.33 bits per heavy atom. The van der Waals surface area contributed by atoms with E-state index in [1.54, 1.807) is 19.1 Å². The molecule has 0 aliphatic heterocycles. The van der Waals surface area contributed by atoms with Crippen LogP contribution in [0.2, 0.25) is 0 Å². The smallest absolute Gasteiger partial charge is 0.323 e. The van der Waals surface area contributed by atoms with Crippen LogP contribution in [0.15, 0.2) is 22.8 Å². The molecule has 1 N–H and O–H groups in total. The van der Waals surface area contributed by atoms with Crippen molar-refractivity contribution in [3.63, 3.8) is 0 Å². The summed E-state index contributed by atoms with van der Waals surface area (Å²) in [5.41, 5.74) is 0.197. The van der Waals surface area contributed by atoms with Gasteiger partial charge in [-0.05, 0) is 19.1 Å². The van der Waals surface area contributed by atoms with Crippen molar-refractivity contribution < 1.29 is 19.1 Å². The molecule has 0 aromatic carbocycles. The van der Waals surface area contributed by atoms with Crippen LogP contribution in [0.1, 0.15) is 15.4 Å². The maximum absolute atomic E-state index is 12.4. The first-order valence-corrected chi connectivity index (χ1v) is 6.80. The van der Waals surface area contributed by atoms with E-state index in [1.807, 2.05) is 0 Å². The van der Waals surface area contributed by atoms with Gasteiger partial charge in [0.25, 0.3) is 5.91 Å². The predicted octanol–water partition coefficient (Wildman–Crippen LogP) is 1.87. The lowest BCUT2D eigenvalue weighted by molar-refractivity contribution is -0.137. The maximum atomic E-state index is 12.4. The van der Waals surface area contributed by atoms with Crippen LogP contribution in [0.4, 0.5) is 0 Å². The lowest BCUT2D eigenvalue weighted by atomic mass is 10.3. The van der Waals surface area contributed by atoms with Crippen LogP contribution in [0.25, 0.3) is 10.8 Å². The maximum Gasteiger partial charge on any atom is 0.323 e. The number of amides is 1. The number of thiazole rings is 1. The highest BCUT2D eigenvalue weighted by Gasteiger charge is 2.23. The third-order valence-corrected chi connectivity index (χ3v) is 3.61. The second-order valence-electron chi connectivity index (χ2n) is 4.16. The van der Waals surface area contributed by atoms with Gasteiger partial charge in [-0.3, -0.25) is 9.59 Å². The summed E-state index contributed by atoms with van der Waals surface area (Å²) in [4.78, 5) is 29.1. The van der Waals surface area contributed by atoms with Gasteiger partial charge in [0.15, 0.2) is 10.8 Å². The summed E-state index contributed by atoms with van der Waals surface area (Å²) in [6.07, 6.45) is 6.69. The van der Waals surface area contributed by atoms with Crippen LogP contribution >= 0.6 is 11.3 Å². The van der Waals surface area contributed by atoms with E-state index in [2.05, 4.69) is 10.9 Å². The van der Waals surface area contributed by atoms with Crippen molar-refractivity contribution in [1.29, 1.82) is 0 Å². The molecule has 0 saturated carbocycles. The molecule has 0 aliphatic rings. The molecule has 0 atom stereocenters. The van der Waals surface area contributed by atoms with E-state index >= 15 is 0 Å². The van der Waals surface area contributed by atoms with Gasteiger partial charge in [0.1, 0.15) is 12.2 Å². The Labute approximate surface area is 125 Å². The molecule has 2 rings (SSSR count). The van der Waals surface area contributed by atoms with Crippen LogP contribution in [0.5, 0.6) is 0 Å². The quantitative estimate of drug-likeness (QED) is 0.853. The molecule has 0 spiro atoms. The topological polar surface area (TPSA) is 83.6 Å². The van der Waals surface area contributed by atoms with Gasteiger partial charge in [0.05, 0.1) is 12.8 Å². The van der Waals surface area contributed by atoms with Crippen molar-refractivity contribution in [2.45, 2.75) is 6.92 Å². The highest BCUT2D eigenvalue weighted by Crippen LogP contribution is 2.28. The van der Waals surface area contributed by atoms with E-state index in [0.29, 0.717) is 15.6 Å². The monoisotopic (exact) mass is 304 g/mol. The average molecular weight is 304 g/mol. The van der Waals surface area contributed by atoms with Crippen LogP contribution in [-0.2, 0) is 4.79 Å². The van der Waals surface area contributed by atoms with Crippen molar-refractivity contribution in [2.24, 2.45) is 0 Å². The third kappa shape index (κ3) is 3.30. The van der Waals surface area contributed by atoms with Crippen LogP contribution in [0.3, 0.4) is 0 Å². The van der Waals surface area contributed by atoms with E-state index in [-0.39, 0.29) is 12.2 Å². The van der Waals surface area contributed by atoms with Crippen LogP contribution < -0.4 is 0 Å². The molecule has 1 amide bonds. The van der Waals surface area contributed by atoms with E-state index in [0.717, 1.165) is 4.90 Å². The molecule has 0 unspecified atom stereocenters. The molecule has 0 fully saturated rings. The van der Waals surface area contributed by atoms with Crippen LogP contribution in [0, 0.1) is 19.3 Å². The summed E-state index contributed by atoms with van der Waals surface area (Å²) in [5, 5.41) is 9.40. The molecule has 2 aromatic heterocycles. The fourth-order valence-corrected chi connectivity index (χ4v) is 2.60. The number of aryl methyl sites for hydroxylation is 1. The molecule has 0 radical (unpaired) electrons. The minimum atomic E-state index is -1.13. The first kappa shape index (κ1) is 14.8. The van der Waals surface area contributed by atoms with Gasteiger partial charge < -0.3 is 14.4 Å². The van der Waals surface area contributed by atoms with Crippen molar-refractivity contribution in [3.05, 3.63) is 29.0 Å². The Balaban J connectivity index is 2.30. The number of hydrogen-bond acceptors (Lipinski definition) is 5. The van der Waals surface area contributed by atoms with Gasteiger partial charge in [-0.25, -0.2) is 4.98 Å². The Hall–Kier alpha value is -2.59. The predicted molar refractivity (Wildman–Crippen MR) is 76.9 cm³/mol. The molecule has 2 aromatic rings. The van der Waals surface area contributed by atoms with Crippen molar-refractivity contribution in [2.75, 3.05) is 13.1 Å². The molecule has 6 nitrogen and oxygen atoms in total. The first-order valence-electron chi connectivity index (χ1n) is 5.98. The summed E-state index contributed by atoms with van der Waals surface area (Å²) >= 11 is 1.30. The lowest BCUT2D eigenvalue weighted by Crippen LogP contribution is -2.36. The minimum Gasteiger partial charge on any atom is -0.480 e. The lowest BCUT2D eigenvalue weighted by Gasteiger charge is -2.16. The Morgan fingerprint density at radius 1 is 1.57 bits per heavy atom. The standard InChI is InChI=1S/C14H12N2O4S/c1-3-6-16(8-11(17)18)14(19)12-9(2)21-13(15-12)10-5-4-7-20-10/h1,4-5,7H,6,8H2,2H3,(H,17,18). The van der Waals surface area contributed by atoms with Crippen molar-refractivity contribution >= 4 is 23.2 Å². The molecular formula is C14H12N2O4S. The number of rotatable bonds is 5. The van der Waals surface area contributed by atoms with E-state index in [9.17, 15) is 9.59 Å². The summed E-state index contributed by atoms with van der Waals surface area (Å²) in [7, 11) is 0. The highest BCUT2D eigenvalue weighted by molar-refractivity contribution is 7.15. The fourth-order valence-electron chi connectivity index (χ4n) is 1.72. The molecular weight excluding hydrogens is 292 g/mol. The van der Waals surface area contributed by atoms with Gasteiger partial charge in [-0.15, -0.1) is 17.8 Å². The van der Waals surface area contributed by atoms with Crippen LogP contribution in [-0.4, -0.2) is 40.0 Å². The molecule has 0 bridgehead atoms. The zero-order valence-corrected chi connectivity index (χ0v) is 12.0. The van der Waals surface area contributed by atoms with E-state index in [1.165, 1.54) is 17.6 Å². The zero-order chi connectivity index (χ0) is 15.4. The minimum absolute atomic E-state index is 0.0851. The molecule has 108 valence electrons. The summed E-state index contributed by atoms with van der Waals surface area (Å²) in [6, 6.07) is 3.46. The second kappa shape index (κ2) is 6.24. The molecule has 2 heterocycles. The number of carboxylic acid groups (broad SMARTS) is 1. The normalized spacial score (nSPS) is 10.1. The Kier molecular flexibility index (Phi) is 4.40.